The monoisotopic (exact) mass is 200 g/mol. The van der Waals surface area contributed by atoms with Crippen molar-refractivity contribution >= 4 is 5.91 Å². The Kier molecular flexibility index (Phi) is 3.55. The molecule has 7 heteroatoms. The van der Waals surface area contributed by atoms with E-state index in [1.807, 2.05) is 0 Å². The smallest absolute Gasteiger partial charge is 0.290 e. The number of aromatic nitrogens is 2. The predicted molar refractivity (Wildman–Crippen MR) is 46.4 cm³/mol. The molecule has 0 aromatic carbocycles. The summed E-state index contributed by atoms with van der Waals surface area (Å²) in [5.41, 5.74) is 10.3. The fourth-order valence-corrected chi connectivity index (χ4v) is 0.896. The highest BCUT2D eigenvalue weighted by Crippen LogP contribution is 2.02. The van der Waals surface area contributed by atoms with Gasteiger partial charge in [-0.05, 0) is 0 Å². The van der Waals surface area contributed by atoms with Gasteiger partial charge < -0.3 is 20.7 Å². The summed E-state index contributed by atoms with van der Waals surface area (Å²) in [7, 11) is 1.53. The van der Waals surface area contributed by atoms with Gasteiger partial charge in [0.25, 0.3) is 11.7 Å². The molecule has 1 heterocycles. The Labute approximate surface area is 80.4 Å². The summed E-state index contributed by atoms with van der Waals surface area (Å²) in [4.78, 5) is 14.4. The normalized spacial score (nSPS) is 12.7. The molecule has 0 saturated heterocycles. The van der Waals surface area contributed by atoms with Crippen molar-refractivity contribution < 1.29 is 14.1 Å². The molecule has 0 radical (unpaired) electrons. The average molecular weight is 200 g/mol. The third-order valence-corrected chi connectivity index (χ3v) is 1.69. The van der Waals surface area contributed by atoms with Crippen LogP contribution in [0.25, 0.3) is 0 Å². The Morgan fingerprint density at radius 2 is 2.43 bits per heavy atom. The van der Waals surface area contributed by atoms with Gasteiger partial charge >= 0.3 is 0 Å². The van der Waals surface area contributed by atoms with Crippen molar-refractivity contribution in [2.24, 2.45) is 11.5 Å². The number of rotatable bonds is 5. The number of ether oxygens (including phenoxy) is 1. The van der Waals surface area contributed by atoms with Crippen molar-refractivity contribution in [3.05, 3.63) is 11.7 Å². The van der Waals surface area contributed by atoms with E-state index < -0.39 is 5.91 Å². The molecule has 4 N–H and O–H groups in total. The lowest BCUT2D eigenvalue weighted by atomic mass is 10.2. The number of hydrogen-bond donors (Lipinski definition) is 2. The standard InChI is InChI=1S/C7H12N4O3/c1-13-4(3-8)2-5-10-7(6(9)12)11-14-5/h4H,2-3,8H2,1H3,(H2,9,12). The zero-order valence-electron chi connectivity index (χ0n) is 7.77. The second-order valence-corrected chi connectivity index (χ2v) is 2.67. The molecule has 0 aliphatic carbocycles. The Bertz CT molecular complexity index is 308. The highest BCUT2D eigenvalue weighted by molar-refractivity contribution is 5.88. The van der Waals surface area contributed by atoms with Gasteiger partial charge in [0, 0.05) is 13.7 Å². The van der Waals surface area contributed by atoms with Crippen molar-refractivity contribution in [1.29, 1.82) is 0 Å². The van der Waals surface area contributed by atoms with Crippen LogP contribution in [0.3, 0.4) is 0 Å². The third-order valence-electron chi connectivity index (χ3n) is 1.69. The second kappa shape index (κ2) is 4.68. The first-order valence-electron chi connectivity index (χ1n) is 4.02. The maximum atomic E-state index is 10.6. The molecule has 0 fully saturated rings. The van der Waals surface area contributed by atoms with Gasteiger partial charge in [0.1, 0.15) is 0 Å². The number of primary amides is 1. The van der Waals surface area contributed by atoms with Gasteiger partial charge in [0.2, 0.25) is 5.89 Å². The molecule has 1 amide bonds. The minimum absolute atomic E-state index is 0.133. The van der Waals surface area contributed by atoms with E-state index in [2.05, 4.69) is 10.1 Å². The molecule has 0 spiro atoms. The van der Waals surface area contributed by atoms with Gasteiger partial charge in [0.05, 0.1) is 12.5 Å². The molecule has 0 saturated carbocycles. The summed E-state index contributed by atoms with van der Waals surface area (Å²) in [6.07, 6.45) is 0.170. The van der Waals surface area contributed by atoms with Gasteiger partial charge in [-0.15, -0.1) is 0 Å². The molecule has 1 rings (SSSR count). The van der Waals surface area contributed by atoms with Crippen LogP contribution < -0.4 is 11.5 Å². The fraction of sp³-hybridized carbons (Fsp3) is 0.571. The van der Waals surface area contributed by atoms with Crippen LogP contribution >= 0.6 is 0 Å². The Hall–Kier alpha value is -1.47. The highest BCUT2D eigenvalue weighted by atomic mass is 16.5. The van der Waals surface area contributed by atoms with Crippen molar-refractivity contribution in [3.63, 3.8) is 0 Å². The lowest BCUT2D eigenvalue weighted by molar-refractivity contribution is 0.0987. The van der Waals surface area contributed by atoms with Gasteiger partial charge in [-0.25, -0.2) is 0 Å². The Morgan fingerprint density at radius 3 is 2.86 bits per heavy atom. The molecule has 0 bridgehead atoms. The largest absolute Gasteiger partial charge is 0.380 e. The highest BCUT2D eigenvalue weighted by Gasteiger charge is 2.14. The van der Waals surface area contributed by atoms with Crippen LogP contribution in [0.15, 0.2) is 4.52 Å². The SMILES string of the molecule is COC(CN)Cc1nc(C(N)=O)no1. The van der Waals surface area contributed by atoms with Gasteiger partial charge in [-0.1, -0.05) is 5.16 Å². The van der Waals surface area contributed by atoms with Gasteiger partial charge in [0.15, 0.2) is 0 Å². The fourth-order valence-electron chi connectivity index (χ4n) is 0.896. The van der Waals surface area contributed by atoms with E-state index in [9.17, 15) is 4.79 Å². The zero-order valence-corrected chi connectivity index (χ0v) is 7.77. The van der Waals surface area contributed by atoms with Crippen LogP contribution in [0.1, 0.15) is 16.5 Å². The molecule has 78 valence electrons. The van der Waals surface area contributed by atoms with E-state index in [0.717, 1.165) is 0 Å². The van der Waals surface area contributed by atoms with Crippen LogP contribution in [0, 0.1) is 0 Å². The Balaban J connectivity index is 2.63. The van der Waals surface area contributed by atoms with Crippen LogP contribution in [0.4, 0.5) is 0 Å². The van der Waals surface area contributed by atoms with E-state index in [0.29, 0.717) is 13.0 Å². The molecular weight excluding hydrogens is 188 g/mol. The topological polar surface area (TPSA) is 117 Å². The summed E-state index contributed by atoms with van der Waals surface area (Å²) in [6.45, 7) is 0.338. The third kappa shape index (κ3) is 2.51. The number of hydrogen-bond acceptors (Lipinski definition) is 6. The second-order valence-electron chi connectivity index (χ2n) is 2.67. The minimum Gasteiger partial charge on any atom is -0.380 e. The van der Waals surface area contributed by atoms with E-state index >= 15 is 0 Å². The van der Waals surface area contributed by atoms with Crippen molar-refractivity contribution in [2.75, 3.05) is 13.7 Å². The summed E-state index contributed by atoms with van der Waals surface area (Å²) in [5.74, 6) is -0.565. The lowest BCUT2D eigenvalue weighted by Crippen LogP contribution is -2.24. The molecule has 1 unspecified atom stereocenters. The maximum Gasteiger partial charge on any atom is 0.290 e. The van der Waals surface area contributed by atoms with Crippen molar-refractivity contribution in [2.45, 2.75) is 12.5 Å². The van der Waals surface area contributed by atoms with Crippen molar-refractivity contribution in [3.8, 4) is 0 Å². The van der Waals surface area contributed by atoms with Crippen LogP contribution in [-0.4, -0.2) is 35.8 Å². The lowest BCUT2D eigenvalue weighted by Gasteiger charge is -2.08. The number of nitrogens with zero attached hydrogens (tertiary/aromatic N) is 2. The number of amides is 1. The molecule has 1 atom stereocenters. The minimum atomic E-state index is -0.721. The van der Waals surface area contributed by atoms with E-state index in [4.69, 9.17) is 20.7 Å². The summed E-state index contributed by atoms with van der Waals surface area (Å²) < 4.78 is 9.77. The molecule has 0 aliphatic heterocycles. The predicted octanol–water partition coefficient (Wildman–Crippen LogP) is -1.32. The summed E-state index contributed by atoms with van der Waals surface area (Å²) in [6, 6.07) is 0. The van der Waals surface area contributed by atoms with Crippen LogP contribution in [0.2, 0.25) is 0 Å². The molecule has 7 nitrogen and oxygen atoms in total. The summed E-state index contributed by atoms with van der Waals surface area (Å²) in [5, 5.41) is 3.38. The van der Waals surface area contributed by atoms with E-state index in [1.165, 1.54) is 7.11 Å². The Morgan fingerprint density at radius 1 is 1.71 bits per heavy atom. The van der Waals surface area contributed by atoms with E-state index in [-0.39, 0.29) is 17.8 Å². The number of methoxy groups -OCH3 is 1. The average Bonchev–Trinajstić information content (AvgIpc) is 2.62. The molecular formula is C7H12N4O3. The van der Waals surface area contributed by atoms with Crippen LogP contribution in [-0.2, 0) is 11.2 Å². The molecule has 0 aliphatic rings. The molecule has 1 aromatic rings. The van der Waals surface area contributed by atoms with Gasteiger partial charge in [-0.2, -0.15) is 4.98 Å². The van der Waals surface area contributed by atoms with Crippen LogP contribution in [0.5, 0.6) is 0 Å². The zero-order chi connectivity index (χ0) is 10.6. The number of carbonyl (C=O) groups excluding carboxylic acids is 1. The molecule has 1 aromatic heterocycles. The van der Waals surface area contributed by atoms with E-state index in [1.54, 1.807) is 0 Å². The quantitative estimate of drug-likeness (QED) is 0.609. The first-order valence-corrected chi connectivity index (χ1v) is 4.02. The molecule has 14 heavy (non-hydrogen) atoms. The van der Waals surface area contributed by atoms with Gasteiger partial charge in [-0.3, -0.25) is 4.79 Å². The number of carbonyl (C=O) groups is 1. The first-order chi connectivity index (χ1) is 6.67. The number of nitrogens with two attached hydrogens (primary N) is 2. The first kappa shape index (κ1) is 10.6. The van der Waals surface area contributed by atoms with Crippen molar-refractivity contribution in [1.82, 2.24) is 10.1 Å². The summed E-state index contributed by atoms with van der Waals surface area (Å²) >= 11 is 0. The maximum absolute atomic E-state index is 10.6.